The maximum absolute atomic E-state index is 7.59. The topological polar surface area (TPSA) is 53.1 Å². The van der Waals surface area contributed by atoms with Gasteiger partial charge in [0.15, 0.2) is 5.96 Å². The third kappa shape index (κ3) is 2.43. The molecule has 1 fully saturated rings. The van der Waals surface area contributed by atoms with E-state index in [1.807, 2.05) is 4.90 Å². The normalized spacial score (nSPS) is 19.9. The molecule has 0 amide bonds. The number of hydrogen-bond acceptors (Lipinski definition) is 1. The quantitative estimate of drug-likeness (QED) is 0.607. The Morgan fingerprint density at radius 2 is 2.00 bits per heavy atom. The van der Waals surface area contributed by atoms with Crippen LogP contribution in [0, 0.1) is 5.41 Å². The smallest absolute Gasteiger partial charge is 0.188 e. The minimum absolute atomic E-state index is 0.195. The number of likely N-dealkylation sites (tertiary alicyclic amines) is 1. The van der Waals surface area contributed by atoms with Crippen LogP contribution in [-0.4, -0.2) is 17.4 Å². The first-order valence-electron chi connectivity index (χ1n) is 6.30. The Balaban J connectivity index is 2.19. The fourth-order valence-electron chi connectivity index (χ4n) is 2.50. The molecule has 3 N–H and O–H groups in total. The van der Waals surface area contributed by atoms with E-state index in [2.05, 4.69) is 38.1 Å². The van der Waals surface area contributed by atoms with Crippen LogP contribution in [0.1, 0.15) is 49.8 Å². The molecule has 1 atom stereocenters. The highest BCUT2D eigenvalue weighted by atomic mass is 15.3. The van der Waals surface area contributed by atoms with Gasteiger partial charge in [-0.15, -0.1) is 0 Å². The van der Waals surface area contributed by atoms with E-state index in [9.17, 15) is 0 Å². The Morgan fingerprint density at radius 3 is 2.53 bits per heavy atom. The number of benzene rings is 1. The summed E-state index contributed by atoms with van der Waals surface area (Å²) in [6.45, 7) is 5.31. The summed E-state index contributed by atoms with van der Waals surface area (Å²) in [5.41, 5.74) is 8.25. The molecule has 3 heteroatoms. The van der Waals surface area contributed by atoms with E-state index >= 15 is 0 Å². The van der Waals surface area contributed by atoms with Crippen molar-refractivity contribution >= 4 is 5.96 Å². The molecule has 92 valence electrons. The van der Waals surface area contributed by atoms with Crippen molar-refractivity contribution in [3.63, 3.8) is 0 Å². The Bertz CT molecular complexity index is 394. The lowest BCUT2D eigenvalue weighted by atomic mass is 9.98. The summed E-state index contributed by atoms with van der Waals surface area (Å²) in [4.78, 5) is 1.99. The van der Waals surface area contributed by atoms with Crippen molar-refractivity contribution in [3.05, 3.63) is 35.4 Å². The molecule has 0 spiro atoms. The van der Waals surface area contributed by atoms with E-state index in [-0.39, 0.29) is 5.96 Å². The molecule has 2 rings (SSSR count). The zero-order valence-electron chi connectivity index (χ0n) is 10.6. The molecule has 0 saturated carbocycles. The first-order chi connectivity index (χ1) is 8.09. The van der Waals surface area contributed by atoms with Gasteiger partial charge in [-0.05, 0) is 29.9 Å². The van der Waals surface area contributed by atoms with Gasteiger partial charge in [0.05, 0.1) is 6.04 Å². The molecular formula is C14H21N3. The number of guanidine groups is 1. The minimum atomic E-state index is 0.195. The Hall–Kier alpha value is -1.51. The van der Waals surface area contributed by atoms with Crippen LogP contribution in [0.25, 0.3) is 0 Å². The van der Waals surface area contributed by atoms with Crippen LogP contribution in [0.4, 0.5) is 0 Å². The van der Waals surface area contributed by atoms with E-state index in [1.54, 1.807) is 0 Å². The average molecular weight is 231 g/mol. The lowest BCUT2D eigenvalue weighted by molar-refractivity contribution is 0.393. The van der Waals surface area contributed by atoms with Gasteiger partial charge >= 0.3 is 0 Å². The zero-order valence-corrected chi connectivity index (χ0v) is 10.6. The van der Waals surface area contributed by atoms with E-state index < -0.39 is 0 Å². The van der Waals surface area contributed by atoms with Crippen molar-refractivity contribution in [1.29, 1.82) is 5.41 Å². The molecule has 0 aliphatic carbocycles. The SMILES string of the molecule is CC(C)c1ccc(C2CCCN2C(=N)N)cc1. The largest absolute Gasteiger partial charge is 0.370 e. The Kier molecular flexibility index (Phi) is 3.36. The van der Waals surface area contributed by atoms with Crippen molar-refractivity contribution in [3.8, 4) is 0 Å². The third-order valence-corrected chi connectivity index (χ3v) is 3.55. The molecule has 1 heterocycles. The molecule has 17 heavy (non-hydrogen) atoms. The summed E-state index contributed by atoms with van der Waals surface area (Å²) < 4.78 is 0. The number of rotatable bonds is 2. The predicted octanol–water partition coefficient (Wildman–Crippen LogP) is 2.84. The van der Waals surface area contributed by atoms with Crippen LogP contribution in [0.3, 0.4) is 0 Å². The van der Waals surface area contributed by atoms with Crippen LogP contribution in [0.5, 0.6) is 0 Å². The minimum Gasteiger partial charge on any atom is -0.370 e. The van der Waals surface area contributed by atoms with Crippen LogP contribution in [0.2, 0.25) is 0 Å². The molecule has 1 unspecified atom stereocenters. The molecule has 1 aliphatic heterocycles. The molecular weight excluding hydrogens is 210 g/mol. The lowest BCUT2D eigenvalue weighted by Gasteiger charge is -2.25. The monoisotopic (exact) mass is 231 g/mol. The number of nitrogens with two attached hydrogens (primary N) is 1. The summed E-state index contributed by atoms with van der Waals surface area (Å²) in [7, 11) is 0. The first-order valence-corrected chi connectivity index (χ1v) is 6.30. The van der Waals surface area contributed by atoms with Crippen molar-refractivity contribution in [1.82, 2.24) is 4.90 Å². The van der Waals surface area contributed by atoms with E-state index in [0.717, 1.165) is 19.4 Å². The molecule has 0 radical (unpaired) electrons. The number of hydrogen-bond donors (Lipinski definition) is 2. The van der Waals surface area contributed by atoms with E-state index in [4.69, 9.17) is 11.1 Å². The summed E-state index contributed by atoms with van der Waals surface area (Å²) in [6, 6.07) is 9.05. The maximum Gasteiger partial charge on any atom is 0.188 e. The average Bonchev–Trinajstić information content (AvgIpc) is 2.78. The van der Waals surface area contributed by atoms with E-state index in [0.29, 0.717) is 12.0 Å². The van der Waals surface area contributed by atoms with Crippen molar-refractivity contribution in [2.75, 3.05) is 6.54 Å². The van der Waals surface area contributed by atoms with Gasteiger partial charge in [0, 0.05) is 6.54 Å². The molecule has 1 aromatic rings. The number of nitrogens with one attached hydrogen (secondary N) is 1. The summed E-state index contributed by atoms with van der Waals surface area (Å²) in [5, 5.41) is 7.59. The molecule has 3 nitrogen and oxygen atoms in total. The van der Waals surface area contributed by atoms with Crippen molar-refractivity contribution in [2.24, 2.45) is 5.73 Å². The highest BCUT2D eigenvalue weighted by Gasteiger charge is 2.26. The Labute approximate surface area is 103 Å². The standard InChI is InChI=1S/C14H21N3/c1-10(2)11-5-7-12(8-6-11)13-4-3-9-17(13)14(15)16/h5-8,10,13H,3-4,9H2,1-2H3,(H3,15,16). The molecule has 1 aromatic carbocycles. The maximum atomic E-state index is 7.59. The summed E-state index contributed by atoms with van der Waals surface area (Å²) >= 11 is 0. The third-order valence-electron chi connectivity index (χ3n) is 3.55. The van der Waals surface area contributed by atoms with E-state index in [1.165, 1.54) is 11.1 Å². The second-order valence-electron chi connectivity index (χ2n) is 5.06. The molecule has 0 bridgehead atoms. The van der Waals surface area contributed by atoms with Crippen LogP contribution >= 0.6 is 0 Å². The van der Waals surface area contributed by atoms with Gasteiger partial charge in [-0.3, -0.25) is 5.41 Å². The fraction of sp³-hybridized carbons (Fsp3) is 0.500. The zero-order chi connectivity index (χ0) is 12.4. The van der Waals surface area contributed by atoms with Gasteiger partial charge < -0.3 is 10.6 Å². The Morgan fingerprint density at radius 1 is 1.35 bits per heavy atom. The number of nitrogens with zero attached hydrogens (tertiary/aromatic N) is 1. The highest BCUT2D eigenvalue weighted by Crippen LogP contribution is 2.31. The van der Waals surface area contributed by atoms with Gasteiger partial charge in [0.1, 0.15) is 0 Å². The van der Waals surface area contributed by atoms with Gasteiger partial charge in [-0.1, -0.05) is 38.1 Å². The van der Waals surface area contributed by atoms with Gasteiger partial charge in [-0.25, -0.2) is 0 Å². The second kappa shape index (κ2) is 4.78. The predicted molar refractivity (Wildman–Crippen MR) is 71.1 cm³/mol. The molecule has 1 aliphatic rings. The van der Waals surface area contributed by atoms with Crippen LogP contribution in [-0.2, 0) is 0 Å². The van der Waals surface area contributed by atoms with Crippen LogP contribution in [0.15, 0.2) is 24.3 Å². The van der Waals surface area contributed by atoms with Crippen LogP contribution < -0.4 is 5.73 Å². The summed E-state index contributed by atoms with van der Waals surface area (Å²) in [6.07, 6.45) is 2.22. The fourth-order valence-corrected chi connectivity index (χ4v) is 2.50. The van der Waals surface area contributed by atoms with Crippen molar-refractivity contribution < 1.29 is 0 Å². The van der Waals surface area contributed by atoms with Gasteiger partial charge in [-0.2, -0.15) is 0 Å². The van der Waals surface area contributed by atoms with Crippen molar-refractivity contribution in [2.45, 2.75) is 38.6 Å². The molecule has 0 aromatic heterocycles. The summed E-state index contributed by atoms with van der Waals surface area (Å²) in [5.74, 6) is 0.761. The second-order valence-corrected chi connectivity index (χ2v) is 5.06. The highest BCUT2D eigenvalue weighted by molar-refractivity contribution is 5.75. The first kappa shape index (κ1) is 12.0. The lowest BCUT2D eigenvalue weighted by Crippen LogP contribution is -2.35. The van der Waals surface area contributed by atoms with Gasteiger partial charge in [0.2, 0.25) is 0 Å². The molecule has 1 saturated heterocycles. The van der Waals surface area contributed by atoms with Gasteiger partial charge in [0.25, 0.3) is 0 Å².